The van der Waals surface area contributed by atoms with Crippen LogP contribution in [0.5, 0.6) is 0 Å². The van der Waals surface area contributed by atoms with Crippen molar-refractivity contribution >= 4 is 5.97 Å². The first kappa shape index (κ1) is 11.4. The van der Waals surface area contributed by atoms with Crippen LogP contribution in [0.25, 0.3) is 0 Å². The van der Waals surface area contributed by atoms with Crippen LogP contribution in [0.4, 0.5) is 0 Å². The zero-order valence-corrected chi connectivity index (χ0v) is 8.05. The van der Waals surface area contributed by atoms with Gasteiger partial charge in [0.1, 0.15) is 11.6 Å². The molecule has 0 aromatic heterocycles. The summed E-state index contributed by atoms with van der Waals surface area (Å²) < 4.78 is 5.02. The Morgan fingerprint density at radius 1 is 1.58 bits per heavy atom. The molecule has 4 nitrogen and oxygen atoms in total. The van der Waals surface area contributed by atoms with Crippen molar-refractivity contribution in [3.8, 4) is 0 Å². The van der Waals surface area contributed by atoms with E-state index in [9.17, 15) is 4.79 Å². The van der Waals surface area contributed by atoms with Gasteiger partial charge in [-0.2, -0.15) is 5.48 Å². The molecule has 0 spiro atoms. The minimum atomic E-state index is -0.621. The van der Waals surface area contributed by atoms with Crippen LogP contribution >= 0.6 is 0 Å². The van der Waals surface area contributed by atoms with E-state index in [0.29, 0.717) is 6.42 Å². The summed E-state index contributed by atoms with van der Waals surface area (Å²) in [6.45, 7) is 7.15. The maximum Gasteiger partial charge on any atom is 0.325 e. The van der Waals surface area contributed by atoms with E-state index >= 15 is 0 Å². The average Bonchev–Trinajstić information content (AvgIpc) is 1.85. The normalized spacial score (nSPS) is 14.1. The fourth-order valence-corrected chi connectivity index (χ4v) is 0.684. The molecule has 4 heteroatoms. The second kappa shape index (κ2) is 4.42. The first-order chi connectivity index (χ1) is 5.40. The summed E-state index contributed by atoms with van der Waals surface area (Å²) in [6, 6.07) is -0.621. The molecule has 0 aromatic rings. The summed E-state index contributed by atoms with van der Waals surface area (Å²) in [5, 5.41) is 8.54. The summed E-state index contributed by atoms with van der Waals surface area (Å²) in [7, 11) is 0. The Hall–Kier alpha value is -0.610. The predicted octanol–water partition coefficient (Wildman–Crippen LogP) is 1.09. The van der Waals surface area contributed by atoms with Gasteiger partial charge >= 0.3 is 5.97 Å². The van der Waals surface area contributed by atoms with Crippen LogP contribution in [0, 0.1) is 0 Å². The molecule has 72 valence electrons. The van der Waals surface area contributed by atoms with Gasteiger partial charge in [0.15, 0.2) is 0 Å². The van der Waals surface area contributed by atoms with E-state index in [2.05, 4.69) is 0 Å². The maximum atomic E-state index is 11.2. The van der Waals surface area contributed by atoms with Crippen LogP contribution in [-0.4, -0.2) is 22.8 Å². The minimum absolute atomic E-state index is 0.424. The Bertz CT molecular complexity index is 147. The summed E-state index contributed by atoms with van der Waals surface area (Å²) in [6.07, 6.45) is 0.505. The molecule has 0 aliphatic rings. The molecular formula is C8H17NO3. The van der Waals surface area contributed by atoms with Gasteiger partial charge in [0.05, 0.1) is 0 Å². The molecular weight excluding hydrogens is 158 g/mol. The van der Waals surface area contributed by atoms with Gasteiger partial charge in [0.25, 0.3) is 0 Å². The lowest BCUT2D eigenvalue weighted by molar-refractivity contribution is -0.160. The highest BCUT2D eigenvalue weighted by molar-refractivity contribution is 5.75. The molecule has 12 heavy (non-hydrogen) atoms. The Morgan fingerprint density at radius 3 is 2.33 bits per heavy atom. The number of hydrogen-bond donors (Lipinski definition) is 2. The molecule has 0 aromatic carbocycles. The summed E-state index contributed by atoms with van der Waals surface area (Å²) in [5.74, 6) is -0.424. The van der Waals surface area contributed by atoms with E-state index in [1.165, 1.54) is 0 Å². The highest BCUT2D eigenvalue weighted by Gasteiger charge is 2.22. The van der Waals surface area contributed by atoms with Gasteiger partial charge in [0.2, 0.25) is 0 Å². The Labute approximate surface area is 72.9 Å². The lowest BCUT2D eigenvalue weighted by Crippen LogP contribution is -2.39. The largest absolute Gasteiger partial charge is 0.459 e. The van der Waals surface area contributed by atoms with Gasteiger partial charge < -0.3 is 9.94 Å². The van der Waals surface area contributed by atoms with E-state index in [-0.39, 0.29) is 0 Å². The second-order valence-corrected chi connectivity index (χ2v) is 3.62. The van der Waals surface area contributed by atoms with Crippen LogP contribution in [0.3, 0.4) is 0 Å². The number of esters is 1. The number of hydrogen-bond acceptors (Lipinski definition) is 4. The van der Waals surface area contributed by atoms with Crippen LogP contribution < -0.4 is 5.48 Å². The third-order valence-electron chi connectivity index (χ3n) is 1.26. The lowest BCUT2D eigenvalue weighted by atomic mass is 10.2. The zero-order valence-electron chi connectivity index (χ0n) is 8.05. The molecule has 0 radical (unpaired) electrons. The first-order valence-electron chi connectivity index (χ1n) is 4.03. The fraction of sp³-hybridized carbons (Fsp3) is 0.875. The molecule has 1 atom stereocenters. The van der Waals surface area contributed by atoms with Crippen LogP contribution in [0.1, 0.15) is 34.1 Å². The third kappa shape index (κ3) is 4.31. The van der Waals surface area contributed by atoms with Crippen molar-refractivity contribution in [2.45, 2.75) is 45.8 Å². The predicted molar refractivity (Wildman–Crippen MR) is 44.8 cm³/mol. The third-order valence-corrected chi connectivity index (χ3v) is 1.26. The highest BCUT2D eigenvalue weighted by Crippen LogP contribution is 2.09. The Balaban J connectivity index is 4.02. The van der Waals surface area contributed by atoms with E-state index in [4.69, 9.17) is 9.94 Å². The fourth-order valence-electron chi connectivity index (χ4n) is 0.684. The number of carbonyl (C=O) groups is 1. The van der Waals surface area contributed by atoms with E-state index in [1.54, 1.807) is 27.7 Å². The number of hydroxylamine groups is 1. The summed E-state index contributed by atoms with van der Waals surface area (Å²) in [4.78, 5) is 11.2. The van der Waals surface area contributed by atoms with Crippen molar-refractivity contribution in [2.24, 2.45) is 0 Å². The van der Waals surface area contributed by atoms with Crippen LogP contribution in [0.2, 0.25) is 0 Å². The molecule has 0 rings (SSSR count). The van der Waals surface area contributed by atoms with E-state index in [1.807, 2.05) is 5.48 Å². The van der Waals surface area contributed by atoms with Crippen molar-refractivity contribution in [1.29, 1.82) is 0 Å². The van der Waals surface area contributed by atoms with Gasteiger partial charge in [0, 0.05) is 0 Å². The molecule has 0 fully saturated rings. The van der Waals surface area contributed by atoms with Crippen molar-refractivity contribution in [3.63, 3.8) is 0 Å². The lowest BCUT2D eigenvalue weighted by Gasteiger charge is -2.22. The van der Waals surface area contributed by atoms with Gasteiger partial charge in [-0.1, -0.05) is 6.92 Å². The first-order valence-corrected chi connectivity index (χ1v) is 4.03. The second-order valence-electron chi connectivity index (χ2n) is 3.62. The summed E-state index contributed by atoms with van der Waals surface area (Å²) in [5.41, 5.74) is 1.40. The molecule has 0 amide bonds. The average molecular weight is 175 g/mol. The molecule has 0 bridgehead atoms. The minimum Gasteiger partial charge on any atom is -0.459 e. The van der Waals surface area contributed by atoms with Crippen LogP contribution in [-0.2, 0) is 9.53 Å². The number of ether oxygens (including phenoxy) is 1. The van der Waals surface area contributed by atoms with Crippen molar-refractivity contribution in [3.05, 3.63) is 0 Å². The van der Waals surface area contributed by atoms with Crippen molar-refractivity contribution in [1.82, 2.24) is 5.48 Å². The topological polar surface area (TPSA) is 58.6 Å². The van der Waals surface area contributed by atoms with Crippen molar-refractivity contribution < 1.29 is 14.7 Å². The molecule has 0 saturated heterocycles. The molecule has 0 aliphatic carbocycles. The summed E-state index contributed by atoms with van der Waals surface area (Å²) >= 11 is 0. The number of nitrogens with one attached hydrogen (secondary N) is 1. The monoisotopic (exact) mass is 175 g/mol. The van der Waals surface area contributed by atoms with Crippen molar-refractivity contribution in [2.75, 3.05) is 0 Å². The number of carbonyl (C=O) groups excluding carboxylic acids is 1. The maximum absolute atomic E-state index is 11.2. The van der Waals surface area contributed by atoms with Crippen LogP contribution in [0.15, 0.2) is 0 Å². The van der Waals surface area contributed by atoms with Gasteiger partial charge in [-0.25, -0.2) is 0 Å². The molecule has 2 N–H and O–H groups in total. The van der Waals surface area contributed by atoms with E-state index in [0.717, 1.165) is 0 Å². The molecule has 1 unspecified atom stereocenters. The van der Waals surface area contributed by atoms with Gasteiger partial charge in [-0.05, 0) is 27.2 Å². The smallest absolute Gasteiger partial charge is 0.325 e. The standard InChI is InChI=1S/C8H17NO3/c1-5-6(9-11)7(10)12-8(2,3)4/h6,9,11H,5H2,1-4H3. The zero-order chi connectivity index (χ0) is 9.78. The van der Waals surface area contributed by atoms with E-state index < -0.39 is 17.6 Å². The SMILES string of the molecule is CCC(NO)C(=O)OC(C)(C)C. The Morgan fingerprint density at radius 2 is 2.08 bits per heavy atom. The quantitative estimate of drug-likeness (QED) is 0.498. The molecule has 0 aliphatic heterocycles. The number of rotatable bonds is 3. The van der Waals surface area contributed by atoms with Gasteiger partial charge in [-0.15, -0.1) is 0 Å². The highest BCUT2D eigenvalue weighted by atomic mass is 16.6. The molecule has 0 heterocycles. The Kier molecular flexibility index (Phi) is 4.20. The molecule has 0 saturated carbocycles. The van der Waals surface area contributed by atoms with Gasteiger partial charge in [-0.3, -0.25) is 4.79 Å².